The lowest BCUT2D eigenvalue weighted by Gasteiger charge is -2.25. The van der Waals surface area contributed by atoms with Gasteiger partial charge in [-0.25, -0.2) is 8.42 Å². The van der Waals surface area contributed by atoms with Crippen LogP contribution in [0.15, 0.2) is 41.3 Å². The van der Waals surface area contributed by atoms with Gasteiger partial charge in [0.1, 0.15) is 11.4 Å². The van der Waals surface area contributed by atoms with Gasteiger partial charge >= 0.3 is 5.97 Å². The highest BCUT2D eigenvalue weighted by Crippen LogP contribution is 2.36. The number of anilines is 1. The predicted molar refractivity (Wildman–Crippen MR) is 106 cm³/mol. The molecule has 0 atom stereocenters. The fourth-order valence-corrected chi connectivity index (χ4v) is 4.65. The maximum absolute atomic E-state index is 13.2. The van der Waals surface area contributed by atoms with Crippen molar-refractivity contribution in [2.75, 3.05) is 17.5 Å². The van der Waals surface area contributed by atoms with Crippen LogP contribution in [0.25, 0.3) is 0 Å². The molecule has 0 spiro atoms. The molecule has 0 unspecified atom stereocenters. The number of carbonyl (C=O) groups is 1. The number of rotatable bonds is 7. The minimum atomic E-state index is -4.48. The third kappa shape index (κ3) is 4.85. The van der Waals surface area contributed by atoms with E-state index in [1.54, 1.807) is 6.92 Å². The van der Waals surface area contributed by atoms with Gasteiger partial charge in [0, 0.05) is 17.2 Å². The largest absolute Gasteiger partial charge is 0.465 e. The number of carbonyl (C=O) groups excluding carboxylic acids is 1. The van der Waals surface area contributed by atoms with Crippen LogP contribution in [0.2, 0.25) is 15.1 Å². The zero-order chi connectivity index (χ0) is 21.1. The molecule has 0 fully saturated rings. The van der Waals surface area contributed by atoms with Gasteiger partial charge in [0.25, 0.3) is 15.7 Å². The van der Waals surface area contributed by atoms with Crippen LogP contribution < -0.4 is 4.31 Å². The maximum atomic E-state index is 13.2. The van der Waals surface area contributed by atoms with E-state index in [1.807, 2.05) is 0 Å². The molecule has 0 aromatic heterocycles. The molecule has 2 aromatic carbocycles. The fraction of sp³-hybridized carbons (Fsp3) is 0.188. The highest BCUT2D eigenvalue weighted by molar-refractivity contribution is 7.93. The molecule has 0 bridgehead atoms. The first kappa shape index (κ1) is 22.2. The fourth-order valence-electron chi connectivity index (χ4n) is 2.22. The third-order valence-corrected chi connectivity index (χ3v) is 6.24. The number of hydrogen-bond donors (Lipinski definition) is 0. The average molecular weight is 468 g/mol. The van der Waals surface area contributed by atoms with E-state index < -0.39 is 38.0 Å². The Morgan fingerprint density at radius 2 is 1.79 bits per heavy atom. The molecule has 0 aliphatic heterocycles. The molecule has 0 saturated heterocycles. The number of ether oxygens (including phenoxy) is 1. The lowest BCUT2D eigenvalue weighted by atomic mass is 10.3. The van der Waals surface area contributed by atoms with Gasteiger partial charge in [0.15, 0.2) is 0 Å². The van der Waals surface area contributed by atoms with Crippen LogP contribution in [0.5, 0.6) is 0 Å². The molecule has 0 radical (unpaired) electrons. The summed E-state index contributed by atoms with van der Waals surface area (Å²) in [6.07, 6.45) is 0. The number of nitrogens with zero attached hydrogens (tertiary/aromatic N) is 2. The van der Waals surface area contributed by atoms with Gasteiger partial charge in [-0.15, -0.1) is 0 Å². The number of esters is 1. The van der Waals surface area contributed by atoms with E-state index in [2.05, 4.69) is 0 Å². The van der Waals surface area contributed by atoms with E-state index in [4.69, 9.17) is 39.5 Å². The van der Waals surface area contributed by atoms with Gasteiger partial charge in [-0.1, -0.05) is 34.8 Å². The smallest absolute Gasteiger partial charge is 0.326 e. The molecule has 0 amide bonds. The van der Waals surface area contributed by atoms with Gasteiger partial charge in [0.05, 0.1) is 27.3 Å². The summed E-state index contributed by atoms with van der Waals surface area (Å²) >= 11 is 18.0. The van der Waals surface area contributed by atoms with Crippen LogP contribution in [0, 0.1) is 10.1 Å². The Morgan fingerprint density at radius 3 is 2.39 bits per heavy atom. The number of nitro groups is 1. The summed E-state index contributed by atoms with van der Waals surface area (Å²) in [6, 6.07) is 6.96. The Kier molecular flexibility index (Phi) is 7.11. The summed E-state index contributed by atoms with van der Waals surface area (Å²) < 4.78 is 31.9. The van der Waals surface area contributed by atoms with Crippen LogP contribution in [0.1, 0.15) is 6.92 Å². The van der Waals surface area contributed by atoms with Crippen molar-refractivity contribution >= 4 is 62.2 Å². The maximum Gasteiger partial charge on any atom is 0.326 e. The quantitative estimate of drug-likeness (QED) is 0.341. The Morgan fingerprint density at radius 1 is 1.14 bits per heavy atom. The van der Waals surface area contributed by atoms with Gasteiger partial charge in [-0.3, -0.25) is 19.2 Å². The minimum absolute atomic E-state index is 0.00725. The van der Waals surface area contributed by atoms with Crippen molar-refractivity contribution in [3.63, 3.8) is 0 Å². The predicted octanol–water partition coefficient (Wildman–Crippen LogP) is 4.31. The van der Waals surface area contributed by atoms with E-state index in [1.165, 1.54) is 12.1 Å². The van der Waals surface area contributed by atoms with E-state index in [0.717, 1.165) is 24.3 Å². The van der Waals surface area contributed by atoms with Gasteiger partial charge in [-0.05, 0) is 31.2 Å². The van der Waals surface area contributed by atoms with Crippen molar-refractivity contribution in [1.82, 2.24) is 0 Å². The molecule has 8 nitrogen and oxygen atoms in total. The van der Waals surface area contributed by atoms with Crippen molar-refractivity contribution in [3.05, 3.63) is 61.6 Å². The minimum Gasteiger partial charge on any atom is -0.465 e. The lowest BCUT2D eigenvalue weighted by molar-refractivity contribution is -0.384. The molecular weight excluding hydrogens is 455 g/mol. The zero-order valence-electron chi connectivity index (χ0n) is 14.3. The average Bonchev–Trinajstić information content (AvgIpc) is 2.62. The van der Waals surface area contributed by atoms with Gasteiger partial charge in [-0.2, -0.15) is 0 Å². The molecule has 0 saturated carbocycles. The molecule has 0 heterocycles. The Hall–Kier alpha value is -2.07. The van der Waals surface area contributed by atoms with Crippen molar-refractivity contribution in [3.8, 4) is 0 Å². The van der Waals surface area contributed by atoms with Gasteiger partial charge < -0.3 is 4.74 Å². The number of sulfonamides is 1. The van der Waals surface area contributed by atoms with Crippen molar-refractivity contribution in [2.45, 2.75) is 11.8 Å². The van der Waals surface area contributed by atoms with Crippen LogP contribution in [-0.4, -0.2) is 32.5 Å². The molecule has 0 aliphatic carbocycles. The number of non-ortho nitro benzene ring substituents is 1. The van der Waals surface area contributed by atoms with Crippen molar-refractivity contribution < 1.29 is 22.9 Å². The van der Waals surface area contributed by atoms with E-state index in [-0.39, 0.29) is 27.4 Å². The number of nitro benzene ring substituents is 1. The molecular formula is C16H13Cl3N2O6S. The van der Waals surface area contributed by atoms with Gasteiger partial charge in [0.2, 0.25) is 0 Å². The SMILES string of the molecule is CCOC(=O)CN(c1cc([N+](=O)[O-])ccc1Cl)S(=O)(=O)c1cc(Cl)ccc1Cl. The zero-order valence-corrected chi connectivity index (χ0v) is 17.3. The summed E-state index contributed by atoms with van der Waals surface area (Å²) in [5.74, 6) is -0.883. The lowest BCUT2D eigenvalue weighted by Crippen LogP contribution is -2.37. The molecule has 2 rings (SSSR count). The van der Waals surface area contributed by atoms with Crippen molar-refractivity contribution in [1.29, 1.82) is 0 Å². The summed E-state index contributed by atoms with van der Waals surface area (Å²) in [6.45, 7) is 0.776. The summed E-state index contributed by atoms with van der Waals surface area (Å²) in [4.78, 5) is 22.0. The van der Waals surface area contributed by atoms with Crippen LogP contribution in [0.3, 0.4) is 0 Å². The van der Waals surface area contributed by atoms with Crippen molar-refractivity contribution in [2.24, 2.45) is 0 Å². The molecule has 0 aliphatic rings. The standard InChI is InChI=1S/C16H13Cl3N2O6S/c1-2-27-16(22)9-20(14-8-11(21(23)24)4-6-12(14)18)28(25,26)15-7-10(17)3-5-13(15)19/h3-8H,2,9H2,1H3. The summed E-state index contributed by atoms with van der Waals surface area (Å²) in [5.41, 5.74) is -0.694. The molecule has 12 heteroatoms. The number of halogens is 3. The molecule has 0 N–H and O–H groups in total. The molecule has 150 valence electrons. The van der Waals surface area contributed by atoms with Crippen LogP contribution >= 0.6 is 34.8 Å². The third-order valence-electron chi connectivity index (χ3n) is 3.45. The second kappa shape index (κ2) is 8.95. The summed E-state index contributed by atoms with van der Waals surface area (Å²) in [5, 5.41) is 10.9. The Bertz CT molecular complexity index is 1030. The topological polar surface area (TPSA) is 107 Å². The monoisotopic (exact) mass is 466 g/mol. The van der Waals surface area contributed by atoms with Crippen LogP contribution in [0.4, 0.5) is 11.4 Å². The van der Waals surface area contributed by atoms with E-state index >= 15 is 0 Å². The second-order valence-corrected chi connectivity index (χ2v) is 8.37. The normalized spacial score (nSPS) is 11.1. The second-order valence-electron chi connectivity index (χ2n) is 5.28. The first-order chi connectivity index (χ1) is 13.1. The van der Waals surface area contributed by atoms with E-state index in [9.17, 15) is 23.3 Å². The summed E-state index contributed by atoms with van der Waals surface area (Å²) in [7, 11) is -4.48. The highest BCUT2D eigenvalue weighted by atomic mass is 35.5. The number of hydrogen-bond acceptors (Lipinski definition) is 6. The molecule has 28 heavy (non-hydrogen) atoms. The highest BCUT2D eigenvalue weighted by Gasteiger charge is 2.32. The Balaban J connectivity index is 2.69. The Labute approximate surface area is 175 Å². The van der Waals surface area contributed by atoms with Crippen LogP contribution in [-0.2, 0) is 19.6 Å². The molecule has 2 aromatic rings. The first-order valence-corrected chi connectivity index (χ1v) is 10.2. The van der Waals surface area contributed by atoms with E-state index in [0.29, 0.717) is 4.31 Å². The number of benzene rings is 2. The first-order valence-electron chi connectivity index (χ1n) is 7.65.